The molecule has 3 heterocycles. The van der Waals surface area contributed by atoms with Crippen LogP contribution >= 0.6 is 11.3 Å². The van der Waals surface area contributed by atoms with Crippen LogP contribution in [0, 0.1) is 6.92 Å². The first kappa shape index (κ1) is 16.7. The monoisotopic (exact) mass is 364 g/mol. The van der Waals surface area contributed by atoms with E-state index < -0.39 is 0 Å². The van der Waals surface area contributed by atoms with Crippen molar-refractivity contribution < 1.29 is 4.79 Å². The van der Waals surface area contributed by atoms with Crippen molar-refractivity contribution in [2.45, 2.75) is 12.8 Å². The van der Waals surface area contributed by atoms with Crippen molar-refractivity contribution in [2.24, 2.45) is 0 Å². The minimum Gasteiger partial charge on any atom is -0.365 e. The first-order valence-electron chi connectivity index (χ1n) is 8.61. The van der Waals surface area contributed by atoms with E-state index in [0.717, 1.165) is 45.6 Å². The number of nitrogens with one attached hydrogen (secondary N) is 1. The maximum absolute atomic E-state index is 12.8. The highest BCUT2D eigenvalue weighted by Crippen LogP contribution is 2.33. The molecule has 1 aromatic carbocycles. The van der Waals surface area contributed by atoms with E-state index in [-0.39, 0.29) is 5.91 Å². The number of carbonyl (C=O) groups excluding carboxylic acids is 1. The number of pyridine rings is 1. The van der Waals surface area contributed by atoms with Gasteiger partial charge >= 0.3 is 0 Å². The zero-order valence-electron chi connectivity index (χ0n) is 14.8. The van der Waals surface area contributed by atoms with Crippen LogP contribution in [0.2, 0.25) is 0 Å². The van der Waals surface area contributed by atoms with E-state index in [0.29, 0.717) is 5.92 Å². The highest BCUT2D eigenvalue weighted by molar-refractivity contribution is 7.19. The number of thiazole rings is 1. The minimum atomic E-state index is 0.0787. The lowest BCUT2D eigenvalue weighted by Gasteiger charge is -2.39. The molecule has 4 rings (SSSR count). The van der Waals surface area contributed by atoms with Gasteiger partial charge in [-0.05, 0) is 36.8 Å². The highest BCUT2D eigenvalue weighted by Gasteiger charge is 2.33. The SMILES string of the molecule is CNc1nc(C)c(-c2cccc(C(=O)N3CC(c4ccccn4)C3)c2)s1. The molecule has 0 bridgehead atoms. The summed E-state index contributed by atoms with van der Waals surface area (Å²) in [5.41, 5.74) is 3.79. The van der Waals surface area contributed by atoms with E-state index in [1.165, 1.54) is 0 Å². The molecule has 0 unspecified atom stereocenters. The molecule has 1 fully saturated rings. The van der Waals surface area contributed by atoms with Crippen LogP contribution in [-0.2, 0) is 0 Å². The van der Waals surface area contributed by atoms with Crippen molar-refractivity contribution in [1.29, 1.82) is 0 Å². The summed E-state index contributed by atoms with van der Waals surface area (Å²) >= 11 is 1.60. The maximum Gasteiger partial charge on any atom is 0.253 e. The van der Waals surface area contributed by atoms with Gasteiger partial charge in [-0.1, -0.05) is 29.5 Å². The quantitative estimate of drug-likeness (QED) is 0.765. The fraction of sp³-hybridized carbons (Fsp3) is 0.250. The molecule has 2 aromatic heterocycles. The summed E-state index contributed by atoms with van der Waals surface area (Å²) in [4.78, 5) is 24.7. The van der Waals surface area contributed by atoms with E-state index in [9.17, 15) is 4.79 Å². The van der Waals surface area contributed by atoms with Crippen molar-refractivity contribution in [3.63, 3.8) is 0 Å². The van der Waals surface area contributed by atoms with E-state index >= 15 is 0 Å². The highest BCUT2D eigenvalue weighted by atomic mass is 32.1. The number of aromatic nitrogens is 2. The smallest absolute Gasteiger partial charge is 0.253 e. The molecule has 1 aliphatic heterocycles. The Morgan fingerprint density at radius 2 is 2.08 bits per heavy atom. The number of likely N-dealkylation sites (tertiary alicyclic amines) is 1. The fourth-order valence-electron chi connectivity index (χ4n) is 3.20. The lowest BCUT2D eigenvalue weighted by atomic mass is 9.94. The Morgan fingerprint density at radius 1 is 1.23 bits per heavy atom. The summed E-state index contributed by atoms with van der Waals surface area (Å²) in [5.74, 6) is 0.417. The minimum absolute atomic E-state index is 0.0787. The first-order valence-corrected chi connectivity index (χ1v) is 9.43. The molecule has 132 valence electrons. The Bertz CT molecular complexity index is 932. The van der Waals surface area contributed by atoms with Crippen LogP contribution in [0.15, 0.2) is 48.7 Å². The van der Waals surface area contributed by atoms with Gasteiger partial charge in [0.15, 0.2) is 5.13 Å². The number of aryl methyl sites for hydroxylation is 1. The van der Waals surface area contributed by atoms with Gasteiger partial charge in [0, 0.05) is 43.5 Å². The Balaban J connectivity index is 1.50. The zero-order valence-corrected chi connectivity index (χ0v) is 15.6. The van der Waals surface area contributed by atoms with Crippen molar-refractivity contribution in [1.82, 2.24) is 14.9 Å². The normalized spacial score (nSPS) is 14.2. The molecule has 6 heteroatoms. The average Bonchev–Trinajstić information content (AvgIpc) is 3.02. The number of amides is 1. The Morgan fingerprint density at radius 3 is 2.77 bits per heavy atom. The largest absolute Gasteiger partial charge is 0.365 e. The lowest BCUT2D eigenvalue weighted by molar-refractivity contribution is 0.0599. The number of carbonyl (C=O) groups is 1. The average molecular weight is 364 g/mol. The maximum atomic E-state index is 12.8. The van der Waals surface area contributed by atoms with Gasteiger partial charge in [0.2, 0.25) is 0 Å². The second-order valence-electron chi connectivity index (χ2n) is 6.43. The number of benzene rings is 1. The predicted octanol–water partition coefficient (Wildman–Crippen LogP) is 3.79. The number of anilines is 1. The number of rotatable bonds is 4. The van der Waals surface area contributed by atoms with Crippen molar-refractivity contribution in [2.75, 3.05) is 25.5 Å². The molecule has 0 atom stereocenters. The molecule has 3 aromatic rings. The number of nitrogens with zero attached hydrogens (tertiary/aromatic N) is 3. The summed E-state index contributed by atoms with van der Waals surface area (Å²) in [7, 11) is 1.86. The third-order valence-corrected chi connectivity index (χ3v) is 5.88. The van der Waals surface area contributed by atoms with Crippen molar-refractivity contribution >= 4 is 22.4 Å². The van der Waals surface area contributed by atoms with Crippen LogP contribution in [0.5, 0.6) is 0 Å². The fourth-order valence-corrected chi connectivity index (χ4v) is 4.11. The standard InChI is InChI=1S/C20H20N4OS/c1-13-18(26-20(21-2)23-13)14-6-5-7-15(10-14)19(25)24-11-16(12-24)17-8-3-4-9-22-17/h3-10,16H,11-12H2,1-2H3,(H,21,23). The Hall–Kier alpha value is -2.73. The molecule has 5 nitrogen and oxygen atoms in total. The van der Waals surface area contributed by atoms with Gasteiger partial charge in [0.25, 0.3) is 5.91 Å². The Kier molecular flexibility index (Phi) is 4.42. The summed E-state index contributed by atoms with van der Waals surface area (Å²) in [6.45, 7) is 3.45. The van der Waals surface area contributed by atoms with E-state index in [4.69, 9.17) is 0 Å². The molecule has 0 spiro atoms. The molecule has 0 aliphatic carbocycles. The molecule has 1 amide bonds. The molecule has 1 N–H and O–H groups in total. The molecule has 26 heavy (non-hydrogen) atoms. The number of hydrogen-bond donors (Lipinski definition) is 1. The van der Waals surface area contributed by atoms with Gasteiger partial charge in [-0.15, -0.1) is 0 Å². The summed E-state index contributed by atoms with van der Waals surface area (Å²) in [6.07, 6.45) is 1.81. The second kappa shape index (κ2) is 6.88. The molecule has 1 saturated heterocycles. The van der Waals surface area contributed by atoms with Gasteiger partial charge in [-0.2, -0.15) is 0 Å². The summed E-state index contributed by atoms with van der Waals surface area (Å²) in [6, 6.07) is 13.8. The van der Waals surface area contributed by atoms with E-state index in [2.05, 4.69) is 15.3 Å². The van der Waals surface area contributed by atoms with Crippen LogP contribution in [0.3, 0.4) is 0 Å². The third-order valence-electron chi connectivity index (χ3n) is 4.66. The van der Waals surface area contributed by atoms with Crippen LogP contribution in [0.4, 0.5) is 5.13 Å². The first-order chi connectivity index (χ1) is 12.7. The molecule has 1 aliphatic rings. The van der Waals surface area contributed by atoms with E-state index in [1.807, 2.05) is 61.3 Å². The van der Waals surface area contributed by atoms with E-state index in [1.54, 1.807) is 17.5 Å². The molecular formula is C20H20N4OS. The molecular weight excluding hydrogens is 344 g/mol. The third kappa shape index (κ3) is 3.08. The van der Waals surface area contributed by atoms with Crippen molar-refractivity contribution in [3.05, 3.63) is 65.6 Å². The lowest BCUT2D eigenvalue weighted by Crippen LogP contribution is -2.48. The summed E-state index contributed by atoms with van der Waals surface area (Å²) in [5, 5.41) is 3.96. The van der Waals surface area contributed by atoms with Crippen molar-refractivity contribution in [3.8, 4) is 10.4 Å². The molecule has 0 radical (unpaired) electrons. The van der Waals surface area contributed by atoms with Gasteiger partial charge in [0.05, 0.1) is 10.6 Å². The Labute approximate surface area is 156 Å². The number of hydrogen-bond acceptors (Lipinski definition) is 5. The topological polar surface area (TPSA) is 58.1 Å². The van der Waals surface area contributed by atoms with Gasteiger partial charge in [-0.3, -0.25) is 9.78 Å². The second-order valence-corrected chi connectivity index (χ2v) is 7.43. The van der Waals surface area contributed by atoms with Gasteiger partial charge in [-0.25, -0.2) is 4.98 Å². The summed E-state index contributed by atoms with van der Waals surface area (Å²) < 4.78 is 0. The van der Waals surface area contributed by atoms with Crippen LogP contribution in [-0.4, -0.2) is 40.9 Å². The zero-order chi connectivity index (χ0) is 18.1. The van der Waals surface area contributed by atoms with Gasteiger partial charge < -0.3 is 10.2 Å². The van der Waals surface area contributed by atoms with Crippen LogP contribution < -0.4 is 5.32 Å². The molecule has 0 saturated carbocycles. The predicted molar refractivity (Wildman–Crippen MR) is 105 cm³/mol. The van der Waals surface area contributed by atoms with Crippen LogP contribution in [0.25, 0.3) is 10.4 Å². The van der Waals surface area contributed by atoms with Gasteiger partial charge in [0.1, 0.15) is 0 Å². The van der Waals surface area contributed by atoms with Crippen LogP contribution in [0.1, 0.15) is 27.7 Å².